The molecule has 5 N–H and O–H groups in total. The van der Waals surface area contributed by atoms with Gasteiger partial charge in [0, 0.05) is 6.54 Å². The number of nitrogens with two attached hydrogens (primary N) is 2. The standard InChI is InChI=1S/C18H24FN5.CH5N/c1-4-15(19)17-21-11(3)22-18(24-17)23-16-10(2)7-13-6-5-12(9-20)8-14(13)16;1-2/h5-6,8,10,15-16H,4,7,9,20H2,1-3H3,(H,21,22,23,24);2H2,1H3. The van der Waals surface area contributed by atoms with Crippen molar-refractivity contribution in [2.45, 2.75) is 52.4 Å². The van der Waals surface area contributed by atoms with Crippen LogP contribution >= 0.6 is 0 Å². The van der Waals surface area contributed by atoms with Crippen molar-refractivity contribution < 1.29 is 4.39 Å². The van der Waals surface area contributed by atoms with Gasteiger partial charge in [-0.05, 0) is 49.4 Å². The normalized spacial score (nSPS) is 19.3. The summed E-state index contributed by atoms with van der Waals surface area (Å²) in [6, 6.07) is 6.47. The highest BCUT2D eigenvalue weighted by Crippen LogP contribution is 2.38. The van der Waals surface area contributed by atoms with E-state index in [4.69, 9.17) is 5.73 Å². The van der Waals surface area contributed by atoms with Crippen molar-refractivity contribution in [1.82, 2.24) is 15.0 Å². The molecule has 0 radical (unpaired) electrons. The molecule has 3 rings (SSSR count). The first kappa shape index (κ1) is 20.2. The minimum atomic E-state index is -1.16. The number of nitrogens with one attached hydrogen (secondary N) is 1. The van der Waals surface area contributed by atoms with Crippen LogP contribution in [0.3, 0.4) is 0 Å². The zero-order valence-electron chi connectivity index (χ0n) is 16.0. The molecule has 0 amide bonds. The van der Waals surface area contributed by atoms with Crippen molar-refractivity contribution in [2.24, 2.45) is 17.4 Å². The van der Waals surface area contributed by atoms with Gasteiger partial charge in [0.05, 0.1) is 6.04 Å². The van der Waals surface area contributed by atoms with Gasteiger partial charge in [-0.2, -0.15) is 9.97 Å². The molecule has 3 unspecified atom stereocenters. The van der Waals surface area contributed by atoms with E-state index in [1.165, 1.54) is 18.2 Å². The topological polar surface area (TPSA) is 103 Å². The Kier molecular flexibility index (Phi) is 6.99. The lowest BCUT2D eigenvalue weighted by Gasteiger charge is -2.20. The number of hydrogen-bond donors (Lipinski definition) is 3. The monoisotopic (exact) mass is 360 g/mol. The number of anilines is 1. The van der Waals surface area contributed by atoms with Crippen molar-refractivity contribution in [2.75, 3.05) is 12.4 Å². The molecule has 26 heavy (non-hydrogen) atoms. The fourth-order valence-electron chi connectivity index (χ4n) is 3.27. The smallest absolute Gasteiger partial charge is 0.226 e. The molecular weight excluding hydrogens is 331 g/mol. The van der Waals surface area contributed by atoms with E-state index < -0.39 is 6.17 Å². The van der Waals surface area contributed by atoms with Gasteiger partial charge in [-0.15, -0.1) is 0 Å². The molecule has 0 saturated carbocycles. The quantitative estimate of drug-likeness (QED) is 0.757. The van der Waals surface area contributed by atoms with Crippen molar-refractivity contribution in [3.05, 3.63) is 46.5 Å². The molecule has 0 spiro atoms. The molecule has 1 aliphatic rings. The molecule has 2 aromatic rings. The Morgan fingerprint density at radius 2 is 2.00 bits per heavy atom. The van der Waals surface area contributed by atoms with Crippen molar-refractivity contribution in [3.8, 4) is 0 Å². The van der Waals surface area contributed by atoms with E-state index in [0.29, 0.717) is 30.7 Å². The summed E-state index contributed by atoms with van der Waals surface area (Å²) in [5, 5.41) is 3.39. The van der Waals surface area contributed by atoms with E-state index >= 15 is 0 Å². The number of alkyl halides is 1. The van der Waals surface area contributed by atoms with Gasteiger partial charge in [-0.25, -0.2) is 9.37 Å². The van der Waals surface area contributed by atoms with E-state index in [2.05, 4.69) is 51.1 Å². The molecule has 1 aromatic heterocycles. The number of nitrogens with zero attached hydrogens (tertiary/aromatic N) is 3. The van der Waals surface area contributed by atoms with Crippen LogP contribution in [0.4, 0.5) is 10.3 Å². The molecular formula is C19H29FN6. The summed E-state index contributed by atoms with van der Waals surface area (Å²) >= 11 is 0. The van der Waals surface area contributed by atoms with E-state index in [-0.39, 0.29) is 11.9 Å². The first-order chi connectivity index (χ1) is 12.5. The fourth-order valence-corrected chi connectivity index (χ4v) is 3.27. The molecule has 1 aromatic carbocycles. The highest BCUT2D eigenvalue weighted by molar-refractivity contribution is 5.43. The molecule has 1 heterocycles. The molecule has 3 atom stereocenters. The Bertz CT molecular complexity index is 736. The molecule has 142 valence electrons. The highest BCUT2D eigenvalue weighted by Gasteiger charge is 2.30. The van der Waals surface area contributed by atoms with Crippen LogP contribution in [0.2, 0.25) is 0 Å². The van der Waals surface area contributed by atoms with Gasteiger partial charge in [0.2, 0.25) is 5.95 Å². The maximum Gasteiger partial charge on any atom is 0.226 e. The van der Waals surface area contributed by atoms with Crippen molar-refractivity contribution in [1.29, 1.82) is 0 Å². The van der Waals surface area contributed by atoms with E-state index in [9.17, 15) is 4.39 Å². The third-order valence-electron chi connectivity index (χ3n) is 4.58. The zero-order chi connectivity index (χ0) is 19.3. The first-order valence-electron chi connectivity index (χ1n) is 9.04. The Morgan fingerprint density at radius 3 is 2.65 bits per heavy atom. The summed E-state index contributed by atoms with van der Waals surface area (Å²) in [6.07, 6.45) is 0.185. The van der Waals surface area contributed by atoms with Crippen molar-refractivity contribution >= 4 is 5.95 Å². The Hall–Kier alpha value is -2.12. The van der Waals surface area contributed by atoms with Gasteiger partial charge in [0.1, 0.15) is 5.82 Å². The van der Waals surface area contributed by atoms with Gasteiger partial charge >= 0.3 is 0 Å². The summed E-state index contributed by atoms with van der Waals surface area (Å²) in [5.74, 6) is 1.58. The number of aromatic nitrogens is 3. The Balaban J connectivity index is 0.00000117. The molecule has 0 saturated heterocycles. The number of aryl methyl sites for hydroxylation is 1. The number of rotatable bonds is 5. The molecule has 0 fully saturated rings. The number of hydrogen-bond acceptors (Lipinski definition) is 6. The van der Waals surface area contributed by atoms with Crippen LogP contribution in [-0.2, 0) is 13.0 Å². The zero-order valence-corrected chi connectivity index (χ0v) is 16.0. The SMILES string of the molecule is CCC(F)c1nc(C)nc(NC2c3cc(CN)ccc3CC2C)n1.CN. The summed E-state index contributed by atoms with van der Waals surface area (Å²) in [7, 11) is 1.50. The first-order valence-corrected chi connectivity index (χ1v) is 9.04. The summed E-state index contributed by atoms with van der Waals surface area (Å²) < 4.78 is 14.0. The lowest BCUT2D eigenvalue weighted by atomic mass is 10.0. The van der Waals surface area contributed by atoms with Crippen molar-refractivity contribution in [3.63, 3.8) is 0 Å². The second-order valence-corrected chi connectivity index (χ2v) is 6.48. The van der Waals surface area contributed by atoms with Crippen LogP contribution in [0.1, 0.15) is 60.8 Å². The van der Waals surface area contributed by atoms with Crippen LogP contribution in [0.15, 0.2) is 18.2 Å². The summed E-state index contributed by atoms with van der Waals surface area (Å²) in [5.41, 5.74) is 13.9. The maximum absolute atomic E-state index is 14.0. The van der Waals surface area contributed by atoms with Gasteiger partial charge in [-0.1, -0.05) is 32.0 Å². The molecule has 6 nitrogen and oxygen atoms in total. The largest absolute Gasteiger partial charge is 0.347 e. The third kappa shape index (κ3) is 4.34. The van der Waals surface area contributed by atoms with Gasteiger partial charge < -0.3 is 16.8 Å². The number of halogens is 1. The van der Waals surface area contributed by atoms with Crippen LogP contribution < -0.4 is 16.8 Å². The van der Waals surface area contributed by atoms with Crippen LogP contribution in [-0.4, -0.2) is 22.0 Å². The van der Waals surface area contributed by atoms with E-state index in [0.717, 1.165) is 12.0 Å². The highest BCUT2D eigenvalue weighted by atomic mass is 19.1. The second-order valence-electron chi connectivity index (χ2n) is 6.48. The van der Waals surface area contributed by atoms with Crippen LogP contribution in [0, 0.1) is 12.8 Å². The van der Waals surface area contributed by atoms with Gasteiger partial charge in [0.25, 0.3) is 0 Å². The minimum Gasteiger partial charge on any atom is -0.347 e. The van der Waals surface area contributed by atoms with Gasteiger partial charge in [0.15, 0.2) is 12.0 Å². The average Bonchev–Trinajstić information content (AvgIpc) is 2.96. The maximum atomic E-state index is 14.0. The van der Waals surface area contributed by atoms with Gasteiger partial charge in [-0.3, -0.25) is 0 Å². The Labute approximate surface area is 154 Å². The van der Waals surface area contributed by atoms with E-state index in [1.54, 1.807) is 13.8 Å². The number of benzene rings is 1. The predicted octanol–water partition coefficient (Wildman–Crippen LogP) is 2.98. The predicted molar refractivity (Wildman–Crippen MR) is 102 cm³/mol. The molecule has 7 heteroatoms. The second kappa shape index (κ2) is 9.00. The molecule has 0 aliphatic heterocycles. The summed E-state index contributed by atoms with van der Waals surface area (Å²) in [6.45, 7) is 6.25. The minimum absolute atomic E-state index is 0.0980. The fraction of sp³-hybridized carbons (Fsp3) is 0.526. The average molecular weight is 360 g/mol. The lowest BCUT2D eigenvalue weighted by molar-refractivity contribution is 0.317. The van der Waals surface area contributed by atoms with E-state index in [1.807, 2.05) is 0 Å². The molecule has 1 aliphatic carbocycles. The molecule has 0 bridgehead atoms. The number of fused-ring (bicyclic) bond motifs is 1. The lowest BCUT2D eigenvalue weighted by Crippen LogP contribution is -2.18. The van der Waals surface area contributed by atoms with Crippen LogP contribution in [0.5, 0.6) is 0 Å². The Morgan fingerprint density at radius 1 is 1.27 bits per heavy atom. The van der Waals surface area contributed by atoms with Crippen LogP contribution in [0.25, 0.3) is 0 Å². The summed E-state index contributed by atoms with van der Waals surface area (Å²) in [4.78, 5) is 12.7. The third-order valence-corrected chi connectivity index (χ3v) is 4.58.